The molecule has 0 fully saturated rings. The smallest absolute Gasteiger partial charge is 0.219 e. The third-order valence-corrected chi connectivity index (χ3v) is 2.48. The number of pyridine rings is 1. The molecule has 0 radical (unpaired) electrons. The van der Waals surface area contributed by atoms with Crippen LogP contribution in [0, 0.1) is 0 Å². The Morgan fingerprint density at radius 3 is 2.94 bits per heavy atom. The number of hydrogen-bond acceptors (Lipinski definition) is 3. The van der Waals surface area contributed by atoms with Crippen molar-refractivity contribution in [3.63, 3.8) is 0 Å². The van der Waals surface area contributed by atoms with Crippen molar-refractivity contribution < 1.29 is 4.79 Å². The molecule has 0 aliphatic rings. The first kappa shape index (κ1) is 10.6. The van der Waals surface area contributed by atoms with E-state index in [4.69, 9.17) is 11.5 Å². The van der Waals surface area contributed by atoms with E-state index < -0.39 is 5.91 Å². The Hall–Kier alpha value is -1.94. The number of nitrogens with zero attached hydrogens (tertiary/aromatic N) is 1. The molecule has 82 valence electrons. The number of fused-ring (bicyclic) bond motifs is 1. The van der Waals surface area contributed by atoms with Crippen LogP contribution in [0.25, 0.3) is 10.9 Å². The fourth-order valence-corrected chi connectivity index (χ4v) is 1.66. The van der Waals surface area contributed by atoms with Crippen molar-refractivity contribution in [1.82, 2.24) is 4.98 Å². The van der Waals surface area contributed by atoms with Crippen molar-refractivity contribution in [3.05, 3.63) is 42.1 Å². The van der Waals surface area contributed by atoms with Crippen molar-refractivity contribution in [2.75, 3.05) is 0 Å². The van der Waals surface area contributed by atoms with Gasteiger partial charge in [-0.2, -0.15) is 0 Å². The second-order valence-corrected chi connectivity index (χ2v) is 3.73. The minimum absolute atomic E-state index is 0.159. The highest BCUT2D eigenvalue weighted by Gasteiger charge is 2.09. The molecule has 1 aromatic heterocycles. The van der Waals surface area contributed by atoms with Crippen molar-refractivity contribution in [1.29, 1.82) is 0 Å². The molecule has 4 N–H and O–H groups in total. The van der Waals surface area contributed by atoms with Gasteiger partial charge in [0.25, 0.3) is 0 Å². The maximum absolute atomic E-state index is 10.8. The number of carbonyl (C=O) groups excluding carboxylic acids is 1. The summed E-state index contributed by atoms with van der Waals surface area (Å²) in [6.07, 6.45) is 1.90. The minimum Gasteiger partial charge on any atom is -0.370 e. The Bertz CT molecular complexity index is 524. The largest absolute Gasteiger partial charge is 0.370 e. The number of carbonyl (C=O) groups is 1. The molecular formula is C12H13N3O. The Kier molecular flexibility index (Phi) is 2.83. The first-order valence-electron chi connectivity index (χ1n) is 5.05. The number of amides is 1. The van der Waals surface area contributed by atoms with Gasteiger partial charge in [-0.3, -0.25) is 9.78 Å². The lowest BCUT2D eigenvalue weighted by atomic mass is 10.0. The Balaban J connectivity index is 2.35. The molecule has 0 bridgehead atoms. The summed E-state index contributed by atoms with van der Waals surface area (Å²) in [5.41, 5.74) is 12.8. The van der Waals surface area contributed by atoms with Crippen LogP contribution in [0.3, 0.4) is 0 Å². The van der Waals surface area contributed by atoms with E-state index in [9.17, 15) is 4.79 Å². The summed E-state index contributed by atoms with van der Waals surface area (Å²) in [6.45, 7) is 0. The lowest BCUT2D eigenvalue weighted by molar-refractivity contribution is -0.118. The second kappa shape index (κ2) is 4.28. The van der Waals surface area contributed by atoms with Crippen molar-refractivity contribution in [2.45, 2.75) is 12.5 Å². The molecule has 16 heavy (non-hydrogen) atoms. The highest BCUT2D eigenvalue weighted by atomic mass is 16.1. The predicted octanol–water partition coefficient (Wildman–Crippen LogP) is 1.11. The molecule has 0 spiro atoms. The molecule has 0 aliphatic heterocycles. The normalized spacial score (nSPS) is 12.6. The van der Waals surface area contributed by atoms with Crippen LogP contribution >= 0.6 is 0 Å². The van der Waals surface area contributed by atoms with Crippen LogP contribution in [0.15, 0.2) is 36.5 Å². The van der Waals surface area contributed by atoms with E-state index in [-0.39, 0.29) is 12.5 Å². The van der Waals surface area contributed by atoms with Crippen LogP contribution in [0.5, 0.6) is 0 Å². The van der Waals surface area contributed by atoms with Gasteiger partial charge in [-0.05, 0) is 23.8 Å². The highest BCUT2D eigenvalue weighted by Crippen LogP contribution is 2.19. The van der Waals surface area contributed by atoms with E-state index in [1.807, 2.05) is 30.3 Å². The molecule has 0 aliphatic carbocycles. The van der Waals surface area contributed by atoms with E-state index >= 15 is 0 Å². The first-order valence-corrected chi connectivity index (χ1v) is 5.05. The maximum Gasteiger partial charge on any atom is 0.219 e. The zero-order valence-electron chi connectivity index (χ0n) is 8.76. The summed E-state index contributed by atoms with van der Waals surface area (Å²) in [5, 5.41) is 1.01. The van der Waals surface area contributed by atoms with Crippen molar-refractivity contribution in [3.8, 4) is 0 Å². The van der Waals surface area contributed by atoms with Gasteiger partial charge in [0.15, 0.2) is 0 Å². The third-order valence-electron chi connectivity index (χ3n) is 2.48. The number of rotatable bonds is 3. The molecular weight excluding hydrogens is 202 g/mol. The van der Waals surface area contributed by atoms with Crippen LogP contribution in [-0.4, -0.2) is 10.9 Å². The molecule has 0 unspecified atom stereocenters. The molecule has 2 rings (SSSR count). The summed E-state index contributed by atoms with van der Waals surface area (Å²) in [7, 11) is 0. The number of aromatic nitrogens is 1. The molecule has 4 nitrogen and oxygen atoms in total. The number of primary amides is 1. The molecule has 2 aromatic rings. The molecule has 1 aromatic carbocycles. The van der Waals surface area contributed by atoms with E-state index in [0.29, 0.717) is 0 Å². The highest BCUT2D eigenvalue weighted by molar-refractivity contribution is 5.79. The van der Waals surface area contributed by atoms with Crippen LogP contribution < -0.4 is 11.5 Å². The Morgan fingerprint density at radius 1 is 1.38 bits per heavy atom. The van der Waals surface area contributed by atoms with Gasteiger partial charge in [0, 0.05) is 24.0 Å². The summed E-state index contributed by atoms with van der Waals surface area (Å²) in [4.78, 5) is 15.0. The molecule has 4 heteroatoms. The third kappa shape index (κ3) is 2.17. The Labute approximate surface area is 93.3 Å². The molecule has 0 saturated carbocycles. The number of benzene rings is 1. The van der Waals surface area contributed by atoms with Gasteiger partial charge < -0.3 is 11.5 Å². The fourth-order valence-electron chi connectivity index (χ4n) is 1.66. The van der Waals surface area contributed by atoms with E-state index in [1.165, 1.54) is 0 Å². The van der Waals surface area contributed by atoms with Gasteiger partial charge in [0.2, 0.25) is 5.91 Å². The average Bonchev–Trinajstić information content (AvgIpc) is 2.27. The molecule has 0 saturated heterocycles. The van der Waals surface area contributed by atoms with Gasteiger partial charge in [-0.15, -0.1) is 0 Å². The second-order valence-electron chi connectivity index (χ2n) is 3.73. The fraction of sp³-hybridized carbons (Fsp3) is 0.167. The van der Waals surface area contributed by atoms with Crippen LogP contribution in [0.4, 0.5) is 0 Å². The van der Waals surface area contributed by atoms with Crippen molar-refractivity contribution >= 4 is 16.8 Å². The quantitative estimate of drug-likeness (QED) is 0.804. The van der Waals surface area contributed by atoms with Gasteiger partial charge >= 0.3 is 0 Å². The van der Waals surface area contributed by atoms with Gasteiger partial charge in [-0.1, -0.05) is 12.1 Å². The SMILES string of the molecule is NC(=O)C[C@H](N)c1ccc2ncccc2c1. The zero-order chi connectivity index (χ0) is 11.5. The summed E-state index contributed by atoms with van der Waals surface area (Å²) in [5.74, 6) is -0.390. The van der Waals surface area contributed by atoms with Gasteiger partial charge in [-0.25, -0.2) is 0 Å². The van der Waals surface area contributed by atoms with Crippen LogP contribution in [0.2, 0.25) is 0 Å². The molecule has 1 heterocycles. The predicted molar refractivity (Wildman–Crippen MR) is 62.5 cm³/mol. The van der Waals surface area contributed by atoms with Crippen molar-refractivity contribution in [2.24, 2.45) is 11.5 Å². The lowest BCUT2D eigenvalue weighted by Gasteiger charge is -2.10. The zero-order valence-corrected chi connectivity index (χ0v) is 8.76. The summed E-state index contributed by atoms with van der Waals surface area (Å²) in [6, 6.07) is 9.20. The summed E-state index contributed by atoms with van der Waals surface area (Å²) >= 11 is 0. The van der Waals surface area contributed by atoms with Gasteiger partial charge in [0.1, 0.15) is 0 Å². The van der Waals surface area contributed by atoms with E-state index in [2.05, 4.69) is 4.98 Å². The monoisotopic (exact) mass is 215 g/mol. The lowest BCUT2D eigenvalue weighted by Crippen LogP contribution is -2.20. The van der Waals surface area contributed by atoms with Crippen LogP contribution in [-0.2, 0) is 4.79 Å². The number of hydrogen-bond donors (Lipinski definition) is 2. The van der Waals surface area contributed by atoms with Crippen LogP contribution in [0.1, 0.15) is 18.0 Å². The minimum atomic E-state index is -0.390. The van der Waals surface area contributed by atoms with E-state index in [1.54, 1.807) is 6.20 Å². The van der Waals surface area contributed by atoms with Gasteiger partial charge in [0.05, 0.1) is 5.52 Å². The Morgan fingerprint density at radius 2 is 2.19 bits per heavy atom. The molecule has 1 atom stereocenters. The maximum atomic E-state index is 10.8. The number of nitrogens with two attached hydrogens (primary N) is 2. The summed E-state index contributed by atoms with van der Waals surface area (Å²) < 4.78 is 0. The topological polar surface area (TPSA) is 82.0 Å². The standard InChI is InChI=1S/C12H13N3O/c13-10(7-12(14)16)8-3-4-11-9(6-8)2-1-5-15-11/h1-6,10H,7,13H2,(H2,14,16)/t10-/m0/s1. The van der Waals surface area contributed by atoms with E-state index in [0.717, 1.165) is 16.5 Å². The average molecular weight is 215 g/mol. The first-order chi connectivity index (χ1) is 7.66. The molecule has 1 amide bonds.